The quantitative estimate of drug-likeness (QED) is 0.156. The van der Waals surface area contributed by atoms with Crippen LogP contribution in [0.2, 0.25) is 0 Å². The van der Waals surface area contributed by atoms with Gasteiger partial charge in [0.2, 0.25) is 0 Å². The Kier molecular flexibility index (Phi) is 8.06. The Morgan fingerprint density at radius 3 is 1.56 bits per heavy atom. The van der Waals surface area contributed by atoms with E-state index in [1.165, 1.54) is 43.8 Å². The van der Waals surface area contributed by atoms with Gasteiger partial charge in [-0.2, -0.15) is 0 Å². The second-order valence-corrected chi connectivity index (χ2v) is 19.2. The first-order chi connectivity index (χ1) is 34.5. The zero-order valence-electron chi connectivity index (χ0n) is 38.4. The highest BCUT2D eigenvalue weighted by atomic mass is 16.3. The van der Waals surface area contributed by atoms with Crippen molar-refractivity contribution in [1.82, 2.24) is 0 Å². The van der Waals surface area contributed by atoms with E-state index in [1.54, 1.807) is 0 Å². The van der Waals surface area contributed by atoms with Crippen LogP contribution in [0.1, 0.15) is 25.0 Å². The molecule has 1 aliphatic carbocycles. The summed E-state index contributed by atoms with van der Waals surface area (Å²) in [7, 11) is 0. The predicted octanol–water partition coefficient (Wildman–Crippen LogP) is 18.9. The Hall–Kier alpha value is -9.06. The lowest BCUT2D eigenvalue weighted by Crippen LogP contribution is -2.17. The van der Waals surface area contributed by atoms with Gasteiger partial charge in [-0.05, 0) is 117 Å². The molecule has 0 aliphatic heterocycles. The van der Waals surface area contributed by atoms with Crippen molar-refractivity contribution in [2.24, 2.45) is 0 Å². The first kappa shape index (κ1) is 39.0. The first-order valence-corrected chi connectivity index (χ1v) is 24.0. The third kappa shape index (κ3) is 5.48. The van der Waals surface area contributed by atoms with Gasteiger partial charge in [-0.15, -0.1) is 0 Å². The summed E-state index contributed by atoms with van der Waals surface area (Å²) in [6, 6.07) is 78.0. The van der Waals surface area contributed by atoms with Crippen molar-refractivity contribution in [2.75, 3.05) is 9.80 Å². The van der Waals surface area contributed by atoms with Crippen LogP contribution >= 0.6 is 0 Å². The molecule has 70 heavy (non-hydrogen) atoms. The average Bonchev–Trinajstić information content (AvgIpc) is 4.15. The molecule has 0 spiro atoms. The summed E-state index contributed by atoms with van der Waals surface area (Å²) in [6.07, 6.45) is 0. The molecule has 15 rings (SSSR count). The van der Waals surface area contributed by atoms with Crippen molar-refractivity contribution in [2.45, 2.75) is 19.3 Å². The van der Waals surface area contributed by atoms with E-state index < -0.39 is 0 Å². The summed E-state index contributed by atoms with van der Waals surface area (Å²) in [5.41, 5.74) is 15.9. The highest BCUT2D eigenvalue weighted by Gasteiger charge is 2.39. The van der Waals surface area contributed by atoms with Gasteiger partial charge in [-0.3, -0.25) is 0 Å². The van der Waals surface area contributed by atoms with Gasteiger partial charge < -0.3 is 23.1 Å². The molecule has 0 bridgehead atoms. The van der Waals surface area contributed by atoms with Gasteiger partial charge in [0.1, 0.15) is 22.3 Å². The number of para-hydroxylation sites is 6. The SMILES string of the molecule is CC1(C)c2cc3oc4cc(N(c5ccccc5)c5cccc6c5oc5ccccc56)ccc4c3cc2-c2c1cc(N(c1ccccc1)c1cccc3c1oc1ccccc13)c1ccc3ccccc3c21. The molecule has 0 fully saturated rings. The Morgan fingerprint density at radius 2 is 0.871 bits per heavy atom. The van der Waals surface area contributed by atoms with Crippen LogP contribution in [0.5, 0.6) is 0 Å². The standard InChI is InChI=1S/C65H42N2O3/c1-65(2)52-38-60-50(46-34-32-42(35-59(46)68-60)66(40-18-5-3-6-19-40)54-27-15-25-47-44-23-11-13-29-57(44)69-63(47)54)36-51(52)62-53(65)37-56(49-33-31-39-17-9-10-22-43(39)61(49)62)67(41-20-7-4-8-21-41)55-28-16-26-48-45-24-12-14-30-58(45)70-64(48)55/h3-38H,1-2H3. The molecule has 0 atom stereocenters. The predicted molar refractivity (Wildman–Crippen MR) is 290 cm³/mol. The normalized spacial score (nSPS) is 13.1. The number of anilines is 6. The fraction of sp³-hybridized carbons (Fsp3) is 0.0462. The van der Waals surface area contributed by atoms with E-state index in [9.17, 15) is 0 Å². The van der Waals surface area contributed by atoms with E-state index in [1.807, 2.05) is 18.2 Å². The second kappa shape index (κ2) is 14.5. The van der Waals surface area contributed by atoms with Gasteiger partial charge in [0.15, 0.2) is 11.2 Å². The van der Waals surface area contributed by atoms with Crippen molar-refractivity contribution in [1.29, 1.82) is 0 Å². The Labute approximate surface area is 402 Å². The molecule has 11 aromatic carbocycles. The molecule has 0 saturated heterocycles. The molecule has 1 aliphatic rings. The number of hydrogen-bond acceptors (Lipinski definition) is 5. The van der Waals surface area contributed by atoms with Crippen LogP contribution in [0.3, 0.4) is 0 Å². The molecule has 3 heterocycles. The Morgan fingerprint density at radius 1 is 0.329 bits per heavy atom. The lowest BCUT2D eigenvalue weighted by atomic mass is 9.81. The number of nitrogens with zero attached hydrogens (tertiary/aromatic N) is 2. The lowest BCUT2D eigenvalue weighted by molar-refractivity contribution is 0.647. The Balaban J connectivity index is 0.954. The van der Waals surface area contributed by atoms with Crippen LogP contribution in [0.4, 0.5) is 34.1 Å². The van der Waals surface area contributed by atoms with Gasteiger partial charge in [0, 0.05) is 60.6 Å². The molecule has 330 valence electrons. The summed E-state index contributed by atoms with van der Waals surface area (Å²) in [5.74, 6) is 0. The summed E-state index contributed by atoms with van der Waals surface area (Å²) < 4.78 is 20.4. The zero-order valence-corrected chi connectivity index (χ0v) is 38.4. The lowest BCUT2D eigenvalue weighted by Gasteiger charge is -2.30. The number of benzene rings is 11. The Bertz CT molecular complexity index is 4460. The van der Waals surface area contributed by atoms with Crippen LogP contribution < -0.4 is 9.80 Å². The fourth-order valence-electron chi connectivity index (χ4n) is 11.8. The van der Waals surface area contributed by atoms with Crippen LogP contribution in [0.25, 0.3) is 98.5 Å². The zero-order chi connectivity index (χ0) is 46.2. The summed E-state index contributed by atoms with van der Waals surface area (Å²) in [6.45, 7) is 4.74. The maximum Gasteiger partial charge on any atom is 0.159 e. The van der Waals surface area contributed by atoms with Crippen molar-refractivity contribution >= 4 is 121 Å². The maximum atomic E-state index is 7.00. The summed E-state index contributed by atoms with van der Waals surface area (Å²) in [4.78, 5) is 4.68. The van der Waals surface area contributed by atoms with Gasteiger partial charge in [-0.1, -0.05) is 147 Å². The number of hydrogen-bond donors (Lipinski definition) is 0. The minimum Gasteiger partial charge on any atom is -0.456 e. The average molecular weight is 899 g/mol. The smallest absolute Gasteiger partial charge is 0.159 e. The molecular formula is C65H42N2O3. The van der Waals surface area contributed by atoms with E-state index >= 15 is 0 Å². The molecule has 0 N–H and O–H groups in total. The van der Waals surface area contributed by atoms with E-state index in [4.69, 9.17) is 13.3 Å². The van der Waals surface area contributed by atoms with Crippen LogP contribution in [0, 0.1) is 0 Å². The first-order valence-electron chi connectivity index (χ1n) is 24.0. The molecule has 0 radical (unpaired) electrons. The van der Waals surface area contributed by atoms with E-state index in [0.717, 1.165) is 99.9 Å². The largest absolute Gasteiger partial charge is 0.456 e. The van der Waals surface area contributed by atoms with E-state index in [0.29, 0.717) is 0 Å². The minimum atomic E-state index is -0.383. The van der Waals surface area contributed by atoms with E-state index in [2.05, 4.69) is 224 Å². The fourth-order valence-corrected chi connectivity index (χ4v) is 11.8. The van der Waals surface area contributed by atoms with Crippen molar-refractivity contribution in [3.8, 4) is 11.1 Å². The third-order valence-electron chi connectivity index (χ3n) is 15.0. The molecule has 14 aromatic rings. The van der Waals surface area contributed by atoms with Gasteiger partial charge >= 0.3 is 0 Å². The monoisotopic (exact) mass is 898 g/mol. The molecule has 3 aromatic heterocycles. The molecule has 0 amide bonds. The summed E-state index contributed by atoms with van der Waals surface area (Å²) in [5, 5.41) is 11.4. The van der Waals surface area contributed by atoms with Gasteiger partial charge in [0.25, 0.3) is 0 Å². The van der Waals surface area contributed by atoms with Gasteiger partial charge in [-0.25, -0.2) is 0 Å². The van der Waals surface area contributed by atoms with Crippen LogP contribution in [-0.4, -0.2) is 0 Å². The second-order valence-electron chi connectivity index (χ2n) is 19.2. The molecule has 0 saturated carbocycles. The van der Waals surface area contributed by atoms with Crippen molar-refractivity contribution < 1.29 is 13.3 Å². The minimum absolute atomic E-state index is 0.383. The number of fused-ring (bicyclic) bond motifs is 16. The van der Waals surface area contributed by atoms with Gasteiger partial charge in [0.05, 0.1) is 22.7 Å². The maximum absolute atomic E-state index is 7.00. The highest BCUT2D eigenvalue weighted by Crippen LogP contribution is 2.58. The van der Waals surface area contributed by atoms with E-state index in [-0.39, 0.29) is 5.41 Å². The number of rotatable bonds is 6. The molecule has 5 heteroatoms. The number of furan rings is 3. The molecular weight excluding hydrogens is 857 g/mol. The highest BCUT2D eigenvalue weighted by molar-refractivity contribution is 6.23. The van der Waals surface area contributed by atoms with Crippen molar-refractivity contribution in [3.05, 3.63) is 230 Å². The van der Waals surface area contributed by atoms with Crippen LogP contribution in [0.15, 0.2) is 232 Å². The molecule has 0 unspecified atom stereocenters. The molecule has 5 nitrogen and oxygen atoms in total. The topological polar surface area (TPSA) is 45.9 Å². The third-order valence-corrected chi connectivity index (χ3v) is 15.0. The summed E-state index contributed by atoms with van der Waals surface area (Å²) >= 11 is 0. The van der Waals surface area contributed by atoms with Crippen LogP contribution in [-0.2, 0) is 5.41 Å². The van der Waals surface area contributed by atoms with Crippen molar-refractivity contribution in [3.63, 3.8) is 0 Å².